The molecule has 96 valence electrons. The van der Waals surface area contributed by atoms with E-state index in [4.69, 9.17) is 5.11 Å². The third kappa shape index (κ3) is 1.67. The van der Waals surface area contributed by atoms with E-state index in [0.29, 0.717) is 17.0 Å². The van der Waals surface area contributed by atoms with E-state index in [1.165, 1.54) is 10.9 Å². The number of carboxylic acids is 1. The Hall–Kier alpha value is -2.70. The lowest BCUT2D eigenvalue weighted by Gasteiger charge is -2.01. The molecule has 19 heavy (non-hydrogen) atoms. The van der Waals surface area contributed by atoms with Gasteiger partial charge in [0, 0.05) is 19.4 Å². The number of aromatic carboxylic acids is 1. The average Bonchev–Trinajstić information content (AvgIpc) is 2.94. The largest absolute Gasteiger partial charge is 0.478 e. The predicted molar refractivity (Wildman–Crippen MR) is 67.3 cm³/mol. The molecule has 0 saturated carbocycles. The summed E-state index contributed by atoms with van der Waals surface area (Å²) in [7, 11) is 1.89. The quantitative estimate of drug-likeness (QED) is 0.744. The van der Waals surface area contributed by atoms with E-state index in [0.717, 1.165) is 5.52 Å². The Labute approximate surface area is 108 Å². The Morgan fingerprint density at radius 3 is 2.84 bits per heavy atom. The zero-order valence-corrected chi connectivity index (χ0v) is 10.4. The van der Waals surface area contributed by atoms with Crippen LogP contribution in [0.3, 0.4) is 0 Å². The Morgan fingerprint density at radius 1 is 1.37 bits per heavy atom. The second-order valence-electron chi connectivity index (χ2n) is 4.24. The molecule has 0 aromatic carbocycles. The molecule has 7 nitrogen and oxygen atoms in total. The number of fused-ring (bicyclic) bond motifs is 1. The normalized spacial score (nSPS) is 11.1. The van der Waals surface area contributed by atoms with Crippen LogP contribution in [-0.4, -0.2) is 35.4 Å². The second kappa shape index (κ2) is 3.91. The molecule has 1 N–H and O–H groups in total. The molecule has 3 aromatic heterocycles. The van der Waals surface area contributed by atoms with E-state index in [1.807, 2.05) is 17.7 Å². The molecule has 0 aliphatic rings. The Bertz CT molecular complexity index is 787. The van der Waals surface area contributed by atoms with Gasteiger partial charge in [0.2, 0.25) is 0 Å². The minimum Gasteiger partial charge on any atom is -0.478 e. The van der Waals surface area contributed by atoms with Crippen molar-refractivity contribution in [3.05, 3.63) is 36.0 Å². The van der Waals surface area contributed by atoms with Crippen molar-refractivity contribution in [1.82, 2.24) is 24.3 Å². The number of carboxylic acid groups (broad SMARTS) is 1. The van der Waals surface area contributed by atoms with E-state index in [2.05, 4.69) is 15.1 Å². The molecule has 0 spiro atoms. The third-order valence-corrected chi connectivity index (χ3v) is 2.97. The van der Waals surface area contributed by atoms with Gasteiger partial charge in [-0.1, -0.05) is 0 Å². The molecule has 3 heterocycles. The fourth-order valence-corrected chi connectivity index (χ4v) is 1.99. The standard InChI is InChI=1S/C12H11N5O2/c1-7-8(12(18)19)5-17(15-7)11-10-9(3-4-13-11)16(2)6-14-10/h3-6H,1-2H3,(H,18,19). The lowest BCUT2D eigenvalue weighted by molar-refractivity contribution is 0.0696. The van der Waals surface area contributed by atoms with Crippen molar-refractivity contribution in [2.45, 2.75) is 6.92 Å². The summed E-state index contributed by atoms with van der Waals surface area (Å²) in [6.45, 7) is 1.65. The topological polar surface area (TPSA) is 85.8 Å². The summed E-state index contributed by atoms with van der Waals surface area (Å²) in [5.41, 5.74) is 2.21. The van der Waals surface area contributed by atoms with Crippen LogP contribution in [0.4, 0.5) is 0 Å². The molecule has 0 radical (unpaired) electrons. The van der Waals surface area contributed by atoms with Gasteiger partial charge in [0.15, 0.2) is 5.82 Å². The summed E-state index contributed by atoms with van der Waals surface area (Å²) >= 11 is 0. The number of nitrogens with zero attached hydrogens (tertiary/aromatic N) is 5. The summed E-state index contributed by atoms with van der Waals surface area (Å²) in [6, 6.07) is 1.85. The van der Waals surface area contributed by atoms with Crippen molar-refractivity contribution in [2.75, 3.05) is 0 Å². The van der Waals surface area contributed by atoms with Crippen LogP contribution in [0.5, 0.6) is 0 Å². The van der Waals surface area contributed by atoms with Crippen molar-refractivity contribution in [2.24, 2.45) is 7.05 Å². The maximum atomic E-state index is 11.0. The van der Waals surface area contributed by atoms with Crippen LogP contribution in [0.15, 0.2) is 24.8 Å². The Morgan fingerprint density at radius 2 is 2.16 bits per heavy atom. The monoisotopic (exact) mass is 257 g/mol. The van der Waals surface area contributed by atoms with Crippen molar-refractivity contribution in [3.63, 3.8) is 0 Å². The number of rotatable bonds is 2. The number of aromatic nitrogens is 5. The smallest absolute Gasteiger partial charge is 0.339 e. The van der Waals surface area contributed by atoms with Gasteiger partial charge in [-0.15, -0.1) is 0 Å². The number of aryl methyl sites for hydroxylation is 2. The van der Waals surface area contributed by atoms with Gasteiger partial charge < -0.3 is 9.67 Å². The van der Waals surface area contributed by atoms with Gasteiger partial charge in [-0.2, -0.15) is 5.10 Å². The van der Waals surface area contributed by atoms with E-state index in [9.17, 15) is 4.79 Å². The molecule has 0 unspecified atom stereocenters. The van der Waals surface area contributed by atoms with Crippen LogP contribution in [0.2, 0.25) is 0 Å². The van der Waals surface area contributed by atoms with Crippen LogP contribution in [-0.2, 0) is 7.05 Å². The zero-order chi connectivity index (χ0) is 13.6. The average molecular weight is 257 g/mol. The summed E-state index contributed by atoms with van der Waals surface area (Å²) in [6.07, 6.45) is 4.79. The SMILES string of the molecule is Cc1nn(-c2nccc3c2ncn3C)cc1C(=O)O. The van der Waals surface area contributed by atoms with Gasteiger partial charge in [-0.05, 0) is 13.0 Å². The first-order valence-corrected chi connectivity index (χ1v) is 5.64. The van der Waals surface area contributed by atoms with Crippen molar-refractivity contribution in [1.29, 1.82) is 0 Å². The summed E-state index contributed by atoms with van der Waals surface area (Å²) in [5, 5.41) is 13.2. The molecule has 0 saturated heterocycles. The number of imidazole rings is 1. The molecule has 0 amide bonds. The first-order chi connectivity index (χ1) is 9.08. The Kier molecular flexibility index (Phi) is 2.34. The second-order valence-corrected chi connectivity index (χ2v) is 4.24. The molecule has 0 fully saturated rings. The predicted octanol–water partition coefficient (Wildman–Crippen LogP) is 1.16. The van der Waals surface area contributed by atoms with Gasteiger partial charge in [0.05, 0.1) is 17.5 Å². The first kappa shape index (κ1) is 11.4. The van der Waals surface area contributed by atoms with Gasteiger partial charge in [0.1, 0.15) is 11.1 Å². The molecule has 0 aliphatic heterocycles. The van der Waals surface area contributed by atoms with E-state index < -0.39 is 5.97 Å². The highest BCUT2D eigenvalue weighted by molar-refractivity contribution is 5.89. The van der Waals surface area contributed by atoms with Crippen LogP contribution in [0, 0.1) is 6.92 Å². The molecule has 3 rings (SSSR count). The molecule has 0 aliphatic carbocycles. The summed E-state index contributed by atoms with van der Waals surface area (Å²) in [4.78, 5) is 19.5. The molecular weight excluding hydrogens is 246 g/mol. The van der Waals surface area contributed by atoms with Gasteiger partial charge in [-0.3, -0.25) is 0 Å². The van der Waals surface area contributed by atoms with E-state index in [-0.39, 0.29) is 5.56 Å². The molecule has 0 atom stereocenters. The van der Waals surface area contributed by atoms with Crippen LogP contribution >= 0.6 is 0 Å². The summed E-state index contributed by atoms with van der Waals surface area (Å²) in [5.74, 6) is -0.481. The highest BCUT2D eigenvalue weighted by Crippen LogP contribution is 2.18. The van der Waals surface area contributed by atoms with Crippen LogP contribution in [0.1, 0.15) is 16.1 Å². The van der Waals surface area contributed by atoms with Crippen LogP contribution < -0.4 is 0 Å². The minimum absolute atomic E-state index is 0.162. The van der Waals surface area contributed by atoms with Crippen molar-refractivity contribution in [3.8, 4) is 5.82 Å². The lowest BCUT2D eigenvalue weighted by Crippen LogP contribution is -2.00. The number of hydrogen-bond donors (Lipinski definition) is 1. The molecule has 7 heteroatoms. The number of carbonyl (C=O) groups is 1. The number of pyridine rings is 1. The van der Waals surface area contributed by atoms with E-state index >= 15 is 0 Å². The van der Waals surface area contributed by atoms with E-state index in [1.54, 1.807) is 19.4 Å². The summed E-state index contributed by atoms with van der Waals surface area (Å²) < 4.78 is 3.32. The molecule has 3 aromatic rings. The maximum absolute atomic E-state index is 11.0. The van der Waals surface area contributed by atoms with Gasteiger partial charge >= 0.3 is 5.97 Å². The fourth-order valence-electron chi connectivity index (χ4n) is 1.99. The Balaban J connectivity index is 2.24. The fraction of sp³-hybridized carbons (Fsp3) is 0.167. The number of hydrogen-bond acceptors (Lipinski definition) is 4. The van der Waals surface area contributed by atoms with Crippen molar-refractivity contribution >= 4 is 17.0 Å². The van der Waals surface area contributed by atoms with Gasteiger partial charge in [0.25, 0.3) is 0 Å². The first-order valence-electron chi connectivity index (χ1n) is 5.64. The van der Waals surface area contributed by atoms with Gasteiger partial charge in [-0.25, -0.2) is 19.4 Å². The van der Waals surface area contributed by atoms with Crippen LogP contribution in [0.25, 0.3) is 16.9 Å². The molecular formula is C12H11N5O2. The molecule has 0 bridgehead atoms. The highest BCUT2D eigenvalue weighted by atomic mass is 16.4. The van der Waals surface area contributed by atoms with Crippen molar-refractivity contribution < 1.29 is 9.90 Å². The lowest BCUT2D eigenvalue weighted by atomic mass is 10.3. The minimum atomic E-state index is -1.00. The maximum Gasteiger partial charge on any atom is 0.339 e. The third-order valence-electron chi connectivity index (χ3n) is 2.97. The highest BCUT2D eigenvalue weighted by Gasteiger charge is 2.15. The zero-order valence-electron chi connectivity index (χ0n) is 10.4.